The van der Waals surface area contributed by atoms with Crippen LogP contribution in [0.5, 0.6) is 0 Å². The van der Waals surface area contributed by atoms with Crippen LogP contribution < -0.4 is 5.32 Å². The third-order valence-corrected chi connectivity index (χ3v) is 5.60. The van der Waals surface area contributed by atoms with E-state index >= 15 is 0 Å². The van der Waals surface area contributed by atoms with Gasteiger partial charge in [0.25, 0.3) is 0 Å². The highest BCUT2D eigenvalue weighted by Crippen LogP contribution is 2.32. The Morgan fingerprint density at radius 1 is 1.00 bits per heavy atom. The van der Waals surface area contributed by atoms with E-state index in [0.717, 1.165) is 6.07 Å². The number of nitrogens with zero attached hydrogens (tertiary/aromatic N) is 4. The molecule has 0 aliphatic heterocycles. The standard InChI is InChI=1S/C26H25ClF3N5O/c1-16(2)14-36-15-22-34-24(32-13-11-17-6-3-4-7-19(17)26(28,29)30)18-9-10-21(33-25(18)35-22)23-20(27)8-5-12-31-23/h3-10,12,16H,11,13-15H2,1-2H3,(H,32,33,34,35). The van der Waals surface area contributed by atoms with Crippen molar-refractivity contribution in [1.82, 2.24) is 19.9 Å². The van der Waals surface area contributed by atoms with Crippen molar-refractivity contribution < 1.29 is 17.9 Å². The Morgan fingerprint density at radius 3 is 2.56 bits per heavy atom. The zero-order valence-corrected chi connectivity index (χ0v) is 20.6. The highest BCUT2D eigenvalue weighted by molar-refractivity contribution is 6.32. The minimum absolute atomic E-state index is 0.162. The summed E-state index contributed by atoms with van der Waals surface area (Å²) < 4.78 is 45.8. The number of hydrogen-bond donors (Lipinski definition) is 1. The summed E-state index contributed by atoms with van der Waals surface area (Å²) in [6, 6.07) is 12.6. The Labute approximate surface area is 211 Å². The van der Waals surface area contributed by atoms with E-state index in [1.54, 1.807) is 36.5 Å². The SMILES string of the molecule is CC(C)COCc1nc(NCCc2ccccc2C(F)(F)F)c2ccc(-c3ncccc3Cl)nc2n1. The van der Waals surface area contributed by atoms with Crippen LogP contribution in [-0.4, -0.2) is 33.1 Å². The average molecular weight is 516 g/mol. The molecule has 4 aromatic rings. The lowest BCUT2D eigenvalue weighted by Crippen LogP contribution is -2.14. The molecule has 0 radical (unpaired) electrons. The van der Waals surface area contributed by atoms with Crippen molar-refractivity contribution in [3.8, 4) is 11.4 Å². The van der Waals surface area contributed by atoms with Crippen LogP contribution in [0.4, 0.5) is 19.0 Å². The molecule has 3 aromatic heterocycles. The molecule has 0 saturated carbocycles. The molecule has 0 fully saturated rings. The Kier molecular flexibility index (Phi) is 8.01. The number of nitrogens with one attached hydrogen (secondary N) is 1. The lowest BCUT2D eigenvalue weighted by atomic mass is 10.0. The molecule has 0 unspecified atom stereocenters. The molecule has 0 spiro atoms. The molecule has 4 rings (SSSR count). The number of halogens is 4. The number of fused-ring (bicyclic) bond motifs is 1. The maximum absolute atomic E-state index is 13.4. The third-order valence-electron chi connectivity index (χ3n) is 5.30. The number of pyridine rings is 2. The lowest BCUT2D eigenvalue weighted by Gasteiger charge is -2.14. The fourth-order valence-corrected chi connectivity index (χ4v) is 3.90. The van der Waals surface area contributed by atoms with Gasteiger partial charge in [0.1, 0.15) is 18.1 Å². The summed E-state index contributed by atoms with van der Waals surface area (Å²) in [5, 5.41) is 4.26. The van der Waals surface area contributed by atoms with Crippen LogP contribution in [0.25, 0.3) is 22.4 Å². The first-order chi connectivity index (χ1) is 17.2. The van der Waals surface area contributed by atoms with Crippen molar-refractivity contribution in [1.29, 1.82) is 0 Å². The summed E-state index contributed by atoms with van der Waals surface area (Å²) in [6.45, 7) is 5.03. The molecule has 0 aliphatic carbocycles. The van der Waals surface area contributed by atoms with Gasteiger partial charge in [0, 0.05) is 19.3 Å². The molecular formula is C26H25ClF3N5O. The Bertz CT molecular complexity index is 1350. The van der Waals surface area contributed by atoms with E-state index < -0.39 is 11.7 Å². The van der Waals surface area contributed by atoms with Crippen molar-refractivity contribution in [3.63, 3.8) is 0 Å². The van der Waals surface area contributed by atoms with Gasteiger partial charge in [-0.25, -0.2) is 15.0 Å². The van der Waals surface area contributed by atoms with E-state index in [1.807, 2.05) is 13.8 Å². The summed E-state index contributed by atoms with van der Waals surface area (Å²) in [4.78, 5) is 18.1. The number of aromatic nitrogens is 4. The second-order valence-corrected chi connectivity index (χ2v) is 9.04. The topological polar surface area (TPSA) is 72.8 Å². The van der Waals surface area contributed by atoms with Crippen molar-refractivity contribution in [2.75, 3.05) is 18.5 Å². The van der Waals surface area contributed by atoms with E-state index in [-0.39, 0.29) is 25.1 Å². The summed E-state index contributed by atoms with van der Waals surface area (Å²) in [5.74, 6) is 1.23. The minimum Gasteiger partial charge on any atom is -0.373 e. The van der Waals surface area contributed by atoms with E-state index in [4.69, 9.17) is 16.3 Å². The molecule has 0 amide bonds. The van der Waals surface area contributed by atoms with Gasteiger partial charge in [-0.3, -0.25) is 4.98 Å². The number of alkyl halides is 3. The van der Waals surface area contributed by atoms with Crippen molar-refractivity contribution >= 4 is 28.5 Å². The monoisotopic (exact) mass is 515 g/mol. The molecule has 0 saturated heterocycles. The van der Waals surface area contributed by atoms with Gasteiger partial charge in [-0.15, -0.1) is 0 Å². The number of anilines is 1. The number of benzene rings is 1. The lowest BCUT2D eigenvalue weighted by molar-refractivity contribution is -0.138. The van der Waals surface area contributed by atoms with Crippen LogP contribution in [0.1, 0.15) is 30.8 Å². The van der Waals surface area contributed by atoms with Gasteiger partial charge in [0.05, 0.1) is 21.7 Å². The molecule has 0 aliphatic rings. The number of hydrogen-bond acceptors (Lipinski definition) is 6. The third kappa shape index (κ3) is 6.27. The Morgan fingerprint density at radius 2 is 1.81 bits per heavy atom. The molecular weight excluding hydrogens is 491 g/mol. The zero-order chi connectivity index (χ0) is 25.7. The van der Waals surface area contributed by atoms with Crippen molar-refractivity contribution in [2.24, 2.45) is 5.92 Å². The largest absolute Gasteiger partial charge is 0.416 e. The van der Waals surface area contributed by atoms with E-state index in [1.165, 1.54) is 12.1 Å². The van der Waals surface area contributed by atoms with Crippen LogP contribution >= 0.6 is 11.6 Å². The van der Waals surface area contributed by atoms with Gasteiger partial charge in [-0.2, -0.15) is 13.2 Å². The van der Waals surface area contributed by atoms with Crippen LogP contribution in [0, 0.1) is 5.92 Å². The quantitative estimate of drug-likeness (QED) is 0.271. The highest BCUT2D eigenvalue weighted by Gasteiger charge is 2.32. The first-order valence-corrected chi connectivity index (χ1v) is 11.9. The maximum Gasteiger partial charge on any atom is 0.416 e. The zero-order valence-electron chi connectivity index (χ0n) is 19.8. The van der Waals surface area contributed by atoms with Gasteiger partial charge in [0.2, 0.25) is 0 Å². The van der Waals surface area contributed by atoms with E-state index in [9.17, 15) is 13.2 Å². The molecule has 36 heavy (non-hydrogen) atoms. The maximum atomic E-state index is 13.4. The fourth-order valence-electron chi connectivity index (χ4n) is 3.68. The average Bonchev–Trinajstić information content (AvgIpc) is 2.83. The summed E-state index contributed by atoms with van der Waals surface area (Å²) >= 11 is 6.29. The molecule has 10 heteroatoms. The van der Waals surface area contributed by atoms with Crippen LogP contribution in [0.2, 0.25) is 5.02 Å². The first-order valence-electron chi connectivity index (χ1n) is 11.5. The predicted molar refractivity (Wildman–Crippen MR) is 134 cm³/mol. The summed E-state index contributed by atoms with van der Waals surface area (Å²) in [7, 11) is 0. The Hall–Kier alpha value is -3.30. The normalized spacial score (nSPS) is 11.9. The Balaban J connectivity index is 1.63. The van der Waals surface area contributed by atoms with E-state index in [0.29, 0.717) is 51.6 Å². The second kappa shape index (κ2) is 11.2. The van der Waals surface area contributed by atoms with Crippen LogP contribution in [0.15, 0.2) is 54.7 Å². The van der Waals surface area contributed by atoms with Crippen molar-refractivity contribution in [3.05, 3.63) is 76.7 Å². The molecule has 0 bridgehead atoms. The number of rotatable bonds is 9. The first kappa shape index (κ1) is 25.8. The molecule has 188 valence electrons. The predicted octanol–water partition coefficient (Wildman–Crippen LogP) is 6.59. The molecule has 1 aromatic carbocycles. The van der Waals surface area contributed by atoms with Gasteiger partial charge < -0.3 is 10.1 Å². The smallest absolute Gasteiger partial charge is 0.373 e. The molecule has 0 atom stereocenters. The van der Waals surface area contributed by atoms with Gasteiger partial charge >= 0.3 is 6.18 Å². The van der Waals surface area contributed by atoms with Gasteiger partial charge in [-0.05, 0) is 48.2 Å². The second-order valence-electron chi connectivity index (χ2n) is 8.63. The molecule has 3 heterocycles. The molecule has 1 N–H and O–H groups in total. The summed E-state index contributed by atoms with van der Waals surface area (Å²) in [5.41, 5.74) is 1.05. The minimum atomic E-state index is -4.41. The highest BCUT2D eigenvalue weighted by atomic mass is 35.5. The summed E-state index contributed by atoms with van der Waals surface area (Å²) in [6.07, 6.45) is -2.62. The number of ether oxygens (including phenoxy) is 1. The molecule has 6 nitrogen and oxygen atoms in total. The van der Waals surface area contributed by atoms with Gasteiger partial charge in [-0.1, -0.05) is 43.6 Å². The van der Waals surface area contributed by atoms with Crippen molar-refractivity contribution in [2.45, 2.75) is 33.1 Å². The van der Waals surface area contributed by atoms with Crippen LogP contribution in [0.3, 0.4) is 0 Å². The van der Waals surface area contributed by atoms with Crippen LogP contribution in [-0.2, 0) is 23.9 Å². The van der Waals surface area contributed by atoms with Gasteiger partial charge in [0.15, 0.2) is 11.5 Å². The fraction of sp³-hybridized carbons (Fsp3) is 0.308. The van der Waals surface area contributed by atoms with E-state index in [2.05, 4.69) is 25.3 Å².